The van der Waals surface area contributed by atoms with Crippen LogP contribution in [0.25, 0.3) is 0 Å². The molecular formula is C41H62O2Si2. The summed E-state index contributed by atoms with van der Waals surface area (Å²) in [6.07, 6.45) is 10.5. The second-order valence-corrected chi connectivity index (χ2v) is 27.0. The van der Waals surface area contributed by atoms with Crippen LogP contribution in [0.1, 0.15) is 95.4 Å². The zero-order valence-electron chi connectivity index (χ0n) is 30.3. The van der Waals surface area contributed by atoms with Crippen LogP contribution < -0.4 is 10.4 Å². The highest BCUT2D eigenvalue weighted by molar-refractivity contribution is 6.99. The molecule has 0 spiro atoms. The zero-order valence-corrected chi connectivity index (χ0v) is 32.3. The Hall–Kier alpha value is -1.65. The fraction of sp³-hybridized carbons (Fsp3) is 0.659. The lowest BCUT2D eigenvalue weighted by molar-refractivity contribution is -0.0805. The minimum Gasteiger partial charge on any atom is -0.413 e. The first kappa shape index (κ1) is 34.7. The Balaban J connectivity index is 1.57. The maximum Gasteiger partial charge on any atom is 0.261 e. The largest absolute Gasteiger partial charge is 0.413 e. The van der Waals surface area contributed by atoms with Crippen LogP contribution in [-0.4, -0.2) is 29.3 Å². The third kappa shape index (κ3) is 5.66. The van der Waals surface area contributed by atoms with E-state index < -0.39 is 16.6 Å². The van der Waals surface area contributed by atoms with Crippen LogP contribution >= 0.6 is 0 Å². The second-order valence-electron chi connectivity index (χ2n) is 17.3. The van der Waals surface area contributed by atoms with Gasteiger partial charge in [-0.15, -0.1) is 12.3 Å². The molecule has 3 saturated carbocycles. The minimum absolute atomic E-state index is 0.0533. The van der Waals surface area contributed by atoms with Crippen LogP contribution in [0.2, 0.25) is 21.7 Å². The van der Waals surface area contributed by atoms with Crippen LogP contribution in [-0.2, 0) is 8.85 Å². The number of rotatable bonds is 10. The van der Waals surface area contributed by atoms with E-state index in [4.69, 9.17) is 15.3 Å². The van der Waals surface area contributed by atoms with Gasteiger partial charge in [0.05, 0.1) is 0 Å². The Morgan fingerprint density at radius 2 is 1.36 bits per heavy atom. The number of hydrogen-bond acceptors (Lipinski definition) is 2. The van der Waals surface area contributed by atoms with Gasteiger partial charge in [0, 0.05) is 18.6 Å². The van der Waals surface area contributed by atoms with E-state index in [-0.39, 0.29) is 16.4 Å². The molecule has 0 N–H and O–H groups in total. The van der Waals surface area contributed by atoms with Gasteiger partial charge < -0.3 is 8.85 Å². The molecule has 3 fully saturated rings. The first-order valence-electron chi connectivity index (χ1n) is 18.1. The van der Waals surface area contributed by atoms with Crippen molar-refractivity contribution in [3.63, 3.8) is 0 Å². The van der Waals surface area contributed by atoms with E-state index in [9.17, 15) is 0 Å². The van der Waals surface area contributed by atoms with Crippen molar-refractivity contribution < 1.29 is 8.85 Å². The molecule has 2 aromatic carbocycles. The molecule has 2 nitrogen and oxygen atoms in total. The van der Waals surface area contributed by atoms with Crippen LogP contribution in [0.15, 0.2) is 60.7 Å². The lowest BCUT2D eigenvalue weighted by Crippen LogP contribution is -2.67. The molecule has 246 valence electrons. The van der Waals surface area contributed by atoms with Crippen molar-refractivity contribution in [1.82, 2.24) is 0 Å². The average molecular weight is 643 g/mol. The molecule has 0 unspecified atom stereocenters. The third-order valence-electron chi connectivity index (χ3n) is 13.0. The fourth-order valence-electron chi connectivity index (χ4n) is 11.0. The summed E-state index contributed by atoms with van der Waals surface area (Å²) in [7, 11) is -4.70. The van der Waals surface area contributed by atoms with Gasteiger partial charge in [-0.1, -0.05) is 137 Å². The summed E-state index contributed by atoms with van der Waals surface area (Å²) in [6, 6.07) is 22.2. The molecule has 0 heterocycles. The molecule has 2 aromatic rings. The summed E-state index contributed by atoms with van der Waals surface area (Å²) < 4.78 is 15.4. The van der Waals surface area contributed by atoms with Crippen molar-refractivity contribution >= 4 is 27.0 Å². The second kappa shape index (κ2) is 12.8. The van der Waals surface area contributed by atoms with Crippen LogP contribution in [0.4, 0.5) is 0 Å². The lowest BCUT2D eigenvalue weighted by atomic mass is 9.55. The van der Waals surface area contributed by atoms with E-state index in [1.807, 2.05) is 0 Å². The van der Waals surface area contributed by atoms with Gasteiger partial charge in [0.25, 0.3) is 8.32 Å². The minimum atomic E-state index is -2.68. The van der Waals surface area contributed by atoms with Gasteiger partial charge in [-0.3, -0.25) is 0 Å². The van der Waals surface area contributed by atoms with Crippen molar-refractivity contribution in [3.8, 4) is 12.3 Å². The van der Waals surface area contributed by atoms with E-state index in [0.717, 1.165) is 6.61 Å². The number of fused-ring (bicyclic) bond motifs is 3. The lowest BCUT2D eigenvalue weighted by Gasteiger charge is -2.56. The predicted molar refractivity (Wildman–Crippen MR) is 197 cm³/mol. The van der Waals surface area contributed by atoms with Gasteiger partial charge in [0.15, 0.2) is 0 Å². The Labute approximate surface area is 278 Å². The molecule has 4 heteroatoms. The standard InChI is InChI=1S/C41H62O2Si2/c1-13-35-34(27-42-45(40(9,10)11,32-20-16-14-17-21-32)33-22-18-15-19-23-33)38-31(8)24-25-37(39(38)36-26-41(35,36)12)43-44(28(2)3,29(4)5)30(6)7/h1,14-23,28-31,34-39H,24-27H2,2-12H3/t31-,34+,35-,36+,37-,38-,39-,41-/m0/s1. The highest BCUT2D eigenvalue weighted by Crippen LogP contribution is 2.72. The van der Waals surface area contributed by atoms with Crippen molar-refractivity contribution in [3.05, 3.63) is 60.7 Å². The maximum atomic E-state index is 7.73. The zero-order chi connectivity index (χ0) is 32.9. The predicted octanol–water partition coefficient (Wildman–Crippen LogP) is 9.69. The Kier molecular flexibility index (Phi) is 9.83. The van der Waals surface area contributed by atoms with Gasteiger partial charge in [0.1, 0.15) is 0 Å². The average Bonchev–Trinajstić information content (AvgIpc) is 3.68. The quantitative estimate of drug-likeness (QED) is 0.190. The van der Waals surface area contributed by atoms with Crippen molar-refractivity contribution in [1.29, 1.82) is 0 Å². The number of hydrogen-bond donors (Lipinski definition) is 0. The van der Waals surface area contributed by atoms with E-state index in [2.05, 4.69) is 143 Å². The van der Waals surface area contributed by atoms with Crippen molar-refractivity contribution in [2.24, 2.45) is 40.9 Å². The Morgan fingerprint density at radius 1 is 0.844 bits per heavy atom. The molecule has 0 aromatic heterocycles. The van der Waals surface area contributed by atoms with E-state index in [1.54, 1.807) is 0 Å². The van der Waals surface area contributed by atoms with E-state index in [1.165, 1.54) is 29.6 Å². The number of benzene rings is 2. The molecule has 0 amide bonds. The van der Waals surface area contributed by atoms with Crippen LogP contribution in [0, 0.1) is 53.3 Å². The van der Waals surface area contributed by atoms with Crippen LogP contribution in [0.3, 0.4) is 0 Å². The Morgan fingerprint density at radius 3 is 1.80 bits per heavy atom. The fourth-order valence-corrected chi connectivity index (χ4v) is 21.3. The molecular weight excluding hydrogens is 581 g/mol. The van der Waals surface area contributed by atoms with E-state index in [0.29, 0.717) is 52.3 Å². The SMILES string of the molecule is C#C[C@H]1[C@@H](CO[Si](c2ccccc2)(c2ccccc2)C(C)(C)C)[C@H]2[C@H]([C@@H](O[Si](C(C)C)(C(C)C)C(C)C)CC[C@@H]2C)[C@H]2C[C@]21C. The molecule has 8 atom stereocenters. The smallest absolute Gasteiger partial charge is 0.261 e. The van der Waals surface area contributed by atoms with Gasteiger partial charge in [-0.2, -0.15) is 0 Å². The van der Waals surface area contributed by atoms with E-state index >= 15 is 0 Å². The topological polar surface area (TPSA) is 18.5 Å². The van der Waals surface area contributed by atoms with Crippen LogP contribution in [0.5, 0.6) is 0 Å². The molecule has 0 aliphatic heterocycles. The summed E-state index contributed by atoms with van der Waals surface area (Å²) in [5, 5.41) is 2.65. The maximum absolute atomic E-state index is 7.73. The molecule has 0 radical (unpaired) electrons. The summed E-state index contributed by atoms with van der Waals surface area (Å²) >= 11 is 0. The third-order valence-corrected chi connectivity index (χ3v) is 24.2. The molecule has 3 aliphatic carbocycles. The molecule has 3 aliphatic rings. The monoisotopic (exact) mass is 642 g/mol. The summed E-state index contributed by atoms with van der Waals surface area (Å²) in [4.78, 5) is 0. The summed E-state index contributed by atoms with van der Waals surface area (Å²) in [5.74, 6) is 6.38. The van der Waals surface area contributed by atoms with Gasteiger partial charge in [-0.25, -0.2) is 0 Å². The first-order valence-corrected chi connectivity index (χ1v) is 22.1. The highest BCUT2D eigenvalue weighted by atomic mass is 28.4. The van der Waals surface area contributed by atoms with Gasteiger partial charge in [0.2, 0.25) is 8.32 Å². The van der Waals surface area contributed by atoms with Crippen molar-refractivity contribution in [2.75, 3.05) is 6.61 Å². The van der Waals surface area contributed by atoms with Gasteiger partial charge >= 0.3 is 0 Å². The normalized spacial score (nSPS) is 31.9. The molecule has 0 saturated heterocycles. The number of terminal acetylenes is 1. The summed E-state index contributed by atoms with van der Waals surface area (Å²) in [6.45, 7) is 27.5. The highest BCUT2D eigenvalue weighted by Gasteiger charge is 2.69. The molecule has 45 heavy (non-hydrogen) atoms. The molecule has 0 bridgehead atoms. The van der Waals surface area contributed by atoms with Gasteiger partial charge in [-0.05, 0) is 86.3 Å². The first-order chi connectivity index (χ1) is 21.2. The van der Waals surface area contributed by atoms with Crippen molar-refractivity contribution in [2.45, 2.75) is 123 Å². The Bertz CT molecular complexity index is 1260. The summed E-state index contributed by atoms with van der Waals surface area (Å²) in [5.41, 5.74) is 1.97. The molecule has 5 rings (SSSR count).